The molecule has 2 rings (SSSR count). The number of benzene rings is 1. The molecule has 2 N–H and O–H groups in total. The van der Waals surface area contributed by atoms with E-state index < -0.39 is 0 Å². The molecule has 1 heterocycles. The molecule has 0 radical (unpaired) electrons. The molecule has 0 spiro atoms. The molecule has 0 aliphatic rings. The third-order valence-electron chi connectivity index (χ3n) is 2.17. The topological polar surface area (TPSA) is 49.9 Å². The summed E-state index contributed by atoms with van der Waals surface area (Å²) in [5.41, 5.74) is 0.933. The normalized spacial score (nSPS) is 10.1. The van der Waals surface area contributed by atoms with E-state index in [1.807, 2.05) is 18.2 Å². The second kappa shape index (κ2) is 4.90. The van der Waals surface area contributed by atoms with Crippen molar-refractivity contribution in [1.29, 1.82) is 0 Å². The summed E-state index contributed by atoms with van der Waals surface area (Å²) in [6.45, 7) is 0.635. The number of halogens is 1. The standard InChI is InChI=1S/C11H12ClN3O/c1-16-10-3-2-8(6-9(10)12)15-7-11-13-4-5-14-11/h2-6,15H,7H2,1H3,(H,13,14). The van der Waals surface area contributed by atoms with E-state index >= 15 is 0 Å². The maximum absolute atomic E-state index is 6.00. The van der Waals surface area contributed by atoms with Crippen LogP contribution in [0, 0.1) is 0 Å². The second-order valence-electron chi connectivity index (χ2n) is 3.24. The van der Waals surface area contributed by atoms with Crippen molar-refractivity contribution in [2.45, 2.75) is 6.54 Å². The van der Waals surface area contributed by atoms with Gasteiger partial charge in [-0.2, -0.15) is 0 Å². The molecule has 5 heteroatoms. The predicted octanol–water partition coefficient (Wildman–Crippen LogP) is 2.68. The molecule has 0 amide bonds. The molecule has 0 saturated carbocycles. The van der Waals surface area contributed by atoms with Gasteiger partial charge in [0.05, 0.1) is 18.7 Å². The molecule has 0 unspecified atom stereocenters. The van der Waals surface area contributed by atoms with Crippen LogP contribution in [0.15, 0.2) is 30.6 Å². The molecular weight excluding hydrogens is 226 g/mol. The fraction of sp³-hybridized carbons (Fsp3) is 0.182. The Balaban J connectivity index is 2.02. The molecule has 0 aliphatic heterocycles. The van der Waals surface area contributed by atoms with Crippen molar-refractivity contribution in [2.24, 2.45) is 0 Å². The molecule has 0 aliphatic carbocycles. The van der Waals surface area contributed by atoms with Crippen LogP contribution in [0.4, 0.5) is 5.69 Å². The number of hydrogen-bond acceptors (Lipinski definition) is 3. The summed E-state index contributed by atoms with van der Waals surface area (Å²) in [6, 6.07) is 5.56. The van der Waals surface area contributed by atoms with E-state index in [9.17, 15) is 0 Å². The zero-order chi connectivity index (χ0) is 11.4. The highest BCUT2D eigenvalue weighted by molar-refractivity contribution is 6.32. The summed E-state index contributed by atoms with van der Waals surface area (Å²) >= 11 is 6.00. The third-order valence-corrected chi connectivity index (χ3v) is 2.46. The first-order valence-corrected chi connectivity index (χ1v) is 5.23. The Morgan fingerprint density at radius 3 is 3.00 bits per heavy atom. The largest absolute Gasteiger partial charge is 0.495 e. The van der Waals surface area contributed by atoms with E-state index in [1.165, 1.54) is 0 Å². The van der Waals surface area contributed by atoms with Crippen LogP contribution < -0.4 is 10.1 Å². The first-order chi connectivity index (χ1) is 7.79. The lowest BCUT2D eigenvalue weighted by Gasteiger charge is -2.07. The smallest absolute Gasteiger partial charge is 0.137 e. The predicted molar refractivity (Wildman–Crippen MR) is 63.9 cm³/mol. The molecule has 0 fully saturated rings. The number of nitrogens with zero attached hydrogens (tertiary/aromatic N) is 1. The Kier molecular flexibility index (Phi) is 3.31. The molecule has 84 valence electrons. The minimum Gasteiger partial charge on any atom is -0.495 e. The Morgan fingerprint density at radius 1 is 1.50 bits per heavy atom. The minimum atomic E-state index is 0.590. The number of imidazole rings is 1. The number of anilines is 1. The van der Waals surface area contributed by atoms with Crippen LogP contribution >= 0.6 is 11.6 Å². The number of nitrogens with one attached hydrogen (secondary N) is 2. The molecular formula is C11H12ClN3O. The molecule has 1 aromatic heterocycles. The summed E-state index contributed by atoms with van der Waals surface area (Å²) in [4.78, 5) is 7.12. The molecule has 0 saturated heterocycles. The van der Waals surface area contributed by atoms with E-state index in [0.29, 0.717) is 17.3 Å². The van der Waals surface area contributed by atoms with E-state index in [1.54, 1.807) is 19.5 Å². The van der Waals surface area contributed by atoms with Crippen molar-refractivity contribution in [3.63, 3.8) is 0 Å². The summed E-state index contributed by atoms with van der Waals surface area (Å²) < 4.78 is 5.07. The van der Waals surface area contributed by atoms with E-state index in [-0.39, 0.29) is 0 Å². The van der Waals surface area contributed by atoms with Gasteiger partial charge in [0.1, 0.15) is 11.6 Å². The highest BCUT2D eigenvalue weighted by Gasteiger charge is 2.01. The number of aromatic nitrogens is 2. The Morgan fingerprint density at radius 2 is 2.38 bits per heavy atom. The zero-order valence-corrected chi connectivity index (χ0v) is 9.58. The molecule has 0 bridgehead atoms. The van der Waals surface area contributed by atoms with Gasteiger partial charge in [-0.15, -0.1) is 0 Å². The van der Waals surface area contributed by atoms with Crippen LogP contribution in [0.3, 0.4) is 0 Å². The number of ether oxygens (including phenoxy) is 1. The van der Waals surface area contributed by atoms with Gasteiger partial charge in [-0.05, 0) is 18.2 Å². The quantitative estimate of drug-likeness (QED) is 0.860. The molecule has 0 atom stereocenters. The summed E-state index contributed by atoms with van der Waals surface area (Å²) in [6.07, 6.45) is 3.51. The number of rotatable bonds is 4. The van der Waals surface area contributed by atoms with Crippen LogP contribution in [0.5, 0.6) is 5.75 Å². The lowest BCUT2D eigenvalue weighted by molar-refractivity contribution is 0.415. The molecule has 1 aromatic carbocycles. The third kappa shape index (κ3) is 2.46. The Labute approximate surface area is 98.6 Å². The maximum atomic E-state index is 6.00. The number of aromatic amines is 1. The van der Waals surface area contributed by atoms with E-state index in [4.69, 9.17) is 16.3 Å². The van der Waals surface area contributed by atoms with E-state index in [2.05, 4.69) is 15.3 Å². The van der Waals surface area contributed by atoms with Gasteiger partial charge in [0.25, 0.3) is 0 Å². The zero-order valence-electron chi connectivity index (χ0n) is 8.83. The van der Waals surface area contributed by atoms with Crippen LogP contribution in [0.2, 0.25) is 5.02 Å². The van der Waals surface area contributed by atoms with Crippen LogP contribution in [0.25, 0.3) is 0 Å². The van der Waals surface area contributed by atoms with Gasteiger partial charge in [0, 0.05) is 18.1 Å². The van der Waals surface area contributed by atoms with Gasteiger partial charge in [-0.3, -0.25) is 0 Å². The Hall–Kier alpha value is -1.68. The first kappa shape index (κ1) is 10.8. The van der Waals surface area contributed by atoms with Crippen LogP contribution in [-0.4, -0.2) is 17.1 Å². The maximum Gasteiger partial charge on any atom is 0.137 e. The molecule has 4 nitrogen and oxygen atoms in total. The van der Waals surface area contributed by atoms with Gasteiger partial charge < -0.3 is 15.0 Å². The van der Waals surface area contributed by atoms with Crippen molar-refractivity contribution >= 4 is 17.3 Å². The van der Waals surface area contributed by atoms with Gasteiger partial charge in [-0.1, -0.05) is 11.6 Å². The van der Waals surface area contributed by atoms with Gasteiger partial charge in [0.15, 0.2) is 0 Å². The monoisotopic (exact) mass is 237 g/mol. The van der Waals surface area contributed by atoms with E-state index in [0.717, 1.165) is 11.5 Å². The summed E-state index contributed by atoms with van der Waals surface area (Å²) in [5.74, 6) is 1.55. The second-order valence-corrected chi connectivity index (χ2v) is 3.65. The average molecular weight is 238 g/mol. The number of H-pyrrole nitrogens is 1. The highest BCUT2D eigenvalue weighted by Crippen LogP contribution is 2.27. The molecule has 2 aromatic rings. The fourth-order valence-electron chi connectivity index (χ4n) is 1.36. The van der Waals surface area contributed by atoms with Crippen molar-refractivity contribution in [3.8, 4) is 5.75 Å². The highest BCUT2D eigenvalue weighted by atomic mass is 35.5. The van der Waals surface area contributed by atoms with Crippen LogP contribution in [0.1, 0.15) is 5.82 Å². The summed E-state index contributed by atoms with van der Waals surface area (Å²) in [7, 11) is 1.59. The van der Waals surface area contributed by atoms with Gasteiger partial charge >= 0.3 is 0 Å². The average Bonchev–Trinajstić information content (AvgIpc) is 2.79. The number of hydrogen-bond donors (Lipinski definition) is 2. The summed E-state index contributed by atoms with van der Waals surface area (Å²) in [5, 5.41) is 3.80. The lowest BCUT2D eigenvalue weighted by Crippen LogP contribution is -2.01. The van der Waals surface area contributed by atoms with Crippen molar-refractivity contribution in [1.82, 2.24) is 9.97 Å². The van der Waals surface area contributed by atoms with Crippen molar-refractivity contribution in [2.75, 3.05) is 12.4 Å². The number of methoxy groups -OCH3 is 1. The lowest BCUT2D eigenvalue weighted by atomic mass is 10.3. The van der Waals surface area contributed by atoms with Crippen molar-refractivity contribution in [3.05, 3.63) is 41.4 Å². The molecule has 16 heavy (non-hydrogen) atoms. The minimum absolute atomic E-state index is 0.590. The Bertz CT molecular complexity index is 456. The first-order valence-electron chi connectivity index (χ1n) is 4.85. The van der Waals surface area contributed by atoms with Gasteiger partial charge in [0.2, 0.25) is 0 Å². The van der Waals surface area contributed by atoms with Crippen LogP contribution in [-0.2, 0) is 6.54 Å². The SMILES string of the molecule is COc1ccc(NCc2ncc[nH]2)cc1Cl. The van der Waals surface area contributed by atoms with Crippen molar-refractivity contribution < 1.29 is 4.74 Å². The van der Waals surface area contributed by atoms with Gasteiger partial charge in [-0.25, -0.2) is 4.98 Å². The fourth-order valence-corrected chi connectivity index (χ4v) is 1.61.